The minimum absolute atomic E-state index is 0.608. The first-order valence-corrected chi connectivity index (χ1v) is 8.18. The molecule has 0 aliphatic carbocycles. The summed E-state index contributed by atoms with van der Waals surface area (Å²) in [5.41, 5.74) is 1.02. The van der Waals surface area contributed by atoms with Crippen LogP contribution in [0.3, 0.4) is 0 Å². The maximum absolute atomic E-state index is 6.26. The number of aryl methyl sites for hydroxylation is 1. The van der Waals surface area contributed by atoms with Crippen LogP contribution < -0.4 is 4.90 Å². The van der Waals surface area contributed by atoms with Crippen molar-refractivity contribution < 1.29 is 0 Å². The molecule has 0 N–H and O–H groups in total. The Kier molecular flexibility index (Phi) is 5.25. The monoisotopic (exact) mass is 295 g/mol. The summed E-state index contributed by atoms with van der Waals surface area (Å²) in [4.78, 5) is 11.5. The molecule has 1 aromatic heterocycles. The zero-order valence-electron chi connectivity index (χ0n) is 13.1. The van der Waals surface area contributed by atoms with E-state index in [4.69, 9.17) is 16.6 Å². The van der Waals surface area contributed by atoms with Gasteiger partial charge < -0.3 is 4.90 Å². The lowest BCUT2D eigenvalue weighted by Gasteiger charge is -2.24. The van der Waals surface area contributed by atoms with E-state index in [9.17, 15) is 0 Å². The van der Waals surface area contributed by atoms with E-state index in [1.165, 1.54) is 19.3 Å². The minimum atomic E-state index is 0.608. The Morgan fingerprint density at radius 3 is 2.65 bits per heavy atom. The first kappa shape index (κ1) is 15.6. The Balaban J connectivity index is 2.21. The zero-order valence-corrected chi connectivity index (χ0v) is 13.9. The van der Waals surface area contributed by atoms with Crippen LogP contribution in [0.15, 0.2) is 0 Å². The SMILES string of the molecule is CCc1nc(Cl)c(C)c(N2CCCC(C(C)C)CC2)n1. The summed E-state index contributed by atoms with van der Waals surface area (Å²) in [6.45, 7) is 10.9. The standard InChI is InChI=1S/C16H26ClN3/c1-5-14-18-15(17)12(4)16(19-14)20-9-6-7-13(8-10-20)11(2)3/h11,13H,5-10H2,1-4H3. The number of hydrogen-bond donors (Lipinski definition) is 0. The fourth-order valence-corrected chi connectivity index (χ4v) is 3.17. The summed E-state index contributed by atoms with van der Waals surface area (Å²) in [5.74, 6) is 3.51. The van der Waals surface area contributed by atoms with E-state index in [1.54, 1.807) is 0 Å². The van der Waals surface area contributed by atoms with Crippen molar-refractivity contribution >= 4 is 17.4 Å². The Bertz CT molecular complexity index is 459. The second-order valence-corrected chi connectivity index (χ2v) is 6.51. The molecule has 0 bridgehead atoms. The third kappa shape index (κ3) is 3.43. The molecule has 0 aromatic carbocycles. The highest BCUT2D eigenvalue weighted by Crippen LogP contribution is 2.29. The summed E-state index contributed by atoms with van der Waals surface area (Å²) in [6.07, 6.45) is 4.65. The Morgan fingerprint density at radius 1 is 1.25 bits per heavy atom. The van der Waals surface area contributed by atoms with Crippen LogP contribution in [-0.2, 0) is 6.42 Å². The average Bonchev–Trinajstić information content (AvgIpc) is 2.67. The predicted octanol–water partition coefficient (Wildman–Crippen LogP) is 4.26. The normalized spacial score (nSPS) is 20.3. The molecule has 4 heteroatoms. The molecule has 2 rings (SSSR count). The molecule has 1 aliphatic rings. The molecule has 20 heavy (non-hydrogen) atoms. The Labute approximate surface area is 127 Å². The highest BCUT2D eigenvalue weighted by molar-refractivity contribution is 6.30. The molecular formula is C16H26ClN3. The van der Waals surface area contributed by atoms with E-state index >= 15 is 0 Å². The smallest absolute Gasteiger partial charge is 0.137 e. The highest BCUT2D eigenvalue weighted by atomic mass is 35.5. The van der Waals surface area contributed by atoms with Gasteiger partial charge in [0.1, 0.15) is 16.8 Å². The molecule has 0 amide bonds. The van der Waals surface area contributed by atoms with Crippen LogP contribution in [0, 0.1) is 18.8 Å². The molecule has 1 unspecified atom stereocenters. The van der Waals surface area contributed by atoms with Crippen molar-refractivity contribution in [3.8, 4) is 0 Å². The van der Waals surface area contributed by atoms with Crippen LogP contribution in [0.1, 0.15) is 51.4 Å². The van der Waals surface area contributed by atoms with Gasteiger partial charge in [-0.05, 0) is 38.0 Å². The van der Waals surface area contributed by atoms with Crippen LogP contribution in [0.2, 0.25) is 5.15 Å². The van der Waals surface area contributed by atoms with Gasteiger partial charge in [-0.25, -0.2) is 9.97 Å². The Morgan fingerprint density at radius 2 is 2.00 bits per heavy atom. The van der Waals surface area contributed by atoms with E-state index in [-0.39, 0.29) is 0 Å². The molecule has 1 atom stereocenters. The fourth-order valence-electron chi connectivity index (χ4n) is 2.99. The second kappa shape index (κ2) is 6.75. The molecule has 3 nitrogen and oxygen atoms in total. The topological polar surface area (TPSA) is 29.0 Å². The lowest BCUT2D eigenvalue weighted by Crippen LogP contribution is -2.27. The first-order chi connectivity index (χ1) is 9.52. The number of rotatable bonds is 3. The zero-order chi connectivity index (χ0) is 14.7. The van der Waals surface area contributed by atoms with Crippen LogP contribution in [-0.4, -0.2) is 23.1 Å². The molecule has 2 heterocycles. The number of anilines is 1. The lowest BCUT2D eigenvalue weighted by molar-refractivity contribution is 0.351. The van der Waals surface area contributed by atoms with Gasteiger partial charge in [-0.1, -0.05) is 32.4 Å². The quantitative estimate of drug-likeness (QED) is 0.780. The van der Waals surface area contributed by atoms with Gasteiger partial charge in [0.15, 0.2) is 0 Å². The van der Waals surface area contributed by atoms with E-state index in [1.807, 2.05) is 6.92 Å². The van der Waals surface area contributed by atoms with Gasteiger partial charge in [0.05, 0.1) is 0 Å². The summed E-state index contributed by atoms with van der Waals surface area (Å²) >= 11 is 6.26. The molecule has 0 radical (unpaired) electrons. The van der Waals surface area contributed by atoms with Gasteiger partial charge in [-0.3, -0.25) is 0 Å². The van der Waals surface area contributed by atoms with Gasteiger partial charge in [-0.15, -0.1) is 0 Å². The number of aromatic nitrogens is 2. The molecule has 1 fully saturated rings. The van der Waals surface area contributed by atoms with Crippen LogP contribution in [0.5, 0.6) is 0 Å². The van der Waals surface area contributed by atoms with Crippen molar-refractivity contribution in [1.29, 1.82) is 0 Å². The number of hydrogen-bond acceptors (Lipinski definition) is 3. The van der Waals surface area contributed by atoms with Gasteiger partial charge in [-0.2, -0.15) is 0 Å². The number of halogens is 1. The van der Waals surface area contributed by atoms with Crippen LogP contribution >= 0.6 is 11.6 Å². The average molecular weight is 296 g/mol. The predicted molar refractivity (Wildman–Crippen MR) is 85.5 cm³/mol. The largest absolute Gasteiger partial charge is 0.356 e. The highest BCUT2D eigenvalue weighted by Gasteiger charge is 2.22. The van der Waals surface area contributed by atoms with Crippen molar-refractivity contribution in [2.75, 3.05) is 18.0 Å². The third-order valence-corrected chi connectivity index (χ3v) is 4.81. The molecule has 0 saturated carbocycles. The van der Waals surface area contributed by atoms with Crippen molar-refractivity contribution in [3.63, 3.8) is 0 Å². The summed E-state index contributed by atoms with van der Waals surface area (Å²) in [5, 5.41) is 0.608. The van der Waals surface area contributed by atoms with Gasteiger partial charge in [0, 0.05) is 25.1 Å². The molecule has 1 saturated heterocycles. The van der Waals surface area contributed by atoms with Crippen LogP contribution in [0.25, 0.3) is 0 Å². The second-order valence-electron chi connectivity index (χ2n) is 6.15. The van der Waals surface area contributed by atoms with Crippen LogP contribution in [0.4, 0.5) is 5.82 Å². The Hall–Kier alpha value is -0.830. The van der Waals surface area contributed by atoms with Crippen molar-refractivity contribution in [2.45, 2.75) is 53.4 Å². The van der Waals surface area contributed by atoms with Gasteiger partial charge in [0.25, 0.3) is 0 Å². The fraction of sp³-hybridized carbons (Fsp3) is 0.750. The summed E-state index contributed by atoms with van der Waals surface area (Å²) in [6, 6.07) is 0. The molecule has 112 valence electrons. The molecule has 1 aromatic rings. The summed E-state index contributed by atoms with van der Waals surface area (Å²) in [7, 11) is 0. The van der Waals surface area contributed by atoms with Gasteiger partial charge >= 0.3 is 0 Å². The lowest BCUT2D eigenvalue weighted by atomic mass is 9.89. The van der Waals surface area contributed by atoms with Gasteiger partial charge in [0.2, 0.25) is 0 Å². The third-order valence-electron chi connectivity index (χ3n) is 4.44. The van der Waals surface area contributed by atoms with E-state index in [0.717, 1.165) is 48.6 Å². The van der Waals surface area contributed by atoms with E-state index in [2.05, 4.69) is 30.7 Å². The molecule has 1 aliphatic heterocycles. The molecular weight excluding hydrogens is 270 g/mol. The first-order valence-electron chi connectivity index (χ1n) is 7.80. The van der Waals surface area contributed by atoms with Crippen molar-refractivity contribution in [2.24, 2.45) is 11.8 Å². The van der Waals surface area contributed by atoms with E-state index in [0.29, 0.717) is 5.15 Å². The minimum Gasteiger partial charge on any atom is -0.356 e. The van der Waals surface area contributed by atoms with Crippen molar-refractivity contribution in [1.82, 2.24) is 9.97 Å². The maximum atomic E-state index is 6.26. The molecule has 0 spiro atoms. The van der Waals surface area contributed by atoms with E-state index < -0.39 is 0 Å². The number of nitrogens with zero attached hydrogens (tertiary/aromatic N) is 3. The summed E-state index contributed by atoms with van der Waals surface area (Å²) < 4.78 is 0. The maximum Gasteiger partial charge on any atom is 0.137 e. The van der Waals surface area contributed by atoms with Crippen molar-refractivity contribution in [3.05, 3.63) is 16.5 Å².